The van der Waals surface area contributed by atoms with Crippen LogP contribution in [0, 0.1) is 0 Å². The van der Waals surface area contributed by atoms with Gasteiger partial charge in [0, 0.05) is 25.0 Å². The molecule has 7 heteroatoms. The van der Waals surface area contributed by atoms with E-state index < -0.39 is 0 Å². The fourth-order valence-electron chi connectivity index (χ4n) is 3.93. The number of anilines is 1. The molecule has 1 saturated heterocycles. The number of pyridine rings is 1. The lowest BCUT2D eigenvalue weighted by atomic mass is 10.1. The largest absolute Gasteiger partial charge is 0.493 e. The van der Waals surface area contributed by atoms with Crippen molar-refractivity contribution in [3.63, 3.8) is 0 Å². The molecule has 2 heterocycles. The minimum absolute atomic E-state index is 0.0549. The molecule has 4 rings (SSSR count). The Hall–Kier alpha value is -3.48. The van der Waals surface area contributed by atoms with Gasteiger partial charge in [0.1, 0.15) is 17.1 Å². The molecular weight excluding hydrogens is 406 g/mol. The zero-order valence-electron chi connectivity index (χ0n) is 18.6. The molecule has 0 bridgehead atoms. The van der Waals surface area contributed by atoms with E-state index in [-0.39, 0.29) is 12.5 Å². The van der Waals surface area contributed by atoms with Crippen molar-refractivity contribution in [2.75, 3.05) is 45.4 Å². The highest BCUT2D eigenvalue weighted by molar-refractivity contribution is 5.86. The van der Waals surface area contributed by atoms with Crippen LogP contribution in [0.25, 0.3) is 10.9 Å². The highest BCUT2D eigenvalue weighted by atomic mass is 16.5. The van der Waals surface area contributed by atoms with Gasteiger partial charge in [-0.3, -0.25) is 4.79 Å². The Kier molecular flexibility index (Phi) is 6.94. The predicted molar refractivity (Wildman–Crippen MR) is 125 cm³/mol. The van der Waals surface area contributed by atoms with Gasteiger partial charge in [-0.25, -0.2) is 4.98 Å². The second-order valence-corrected chi connectivity index (χ2v) is 7.77. The van der Waals surface area contributed by atoms with Crippen molar-refractivity contribution >= 4 is 22.6 Å². The van der Waals surface area contributed by atoms with Crippen molar-refractivity contribution in [1.29, 1.82) is 0 Å². The lowest BCUT2D eigenvalue weighted by molar-refractivity contribution is -0.123. The minimum atomic E-state index is -0.168. The van der Waals surface area contributed by atoms with Gasteiger partial charge in [0.2, 0.25) is 0 Å². The molecule has 0 saturated carbocycles. The van der Waals surface area contributed by atoms with Crippen LogP contribution in [0.1, 0.15) is 18.4 Å². The molecule has 0 spiro atoms. The summed E-state index contributed by atoms with van der Waals surface area (Å²) < 4.78 is 16.4. The molecule has 3 aromatic rings. The summed E-state index contributed by atoms with van der Waals surface area (Å²) in [6, 6.07) is 15.6. The van der Waals surface area contributed by atoms with Crippen molar-refractivity contribution in [2.24, 2.45) is 0 Å². The number of nitrogens with one attached hydrogen (secondary N) is 1. The van der Waals surface area contributed by atoms with Crippen molar-refractivity contribution in [2.45, 2.75) is 19.3 Å². The normalized spacial score (nSPS) is 13.2. The Labute approximate surface area is 188 Å². The predicted octanol–water partition coefficient (Wildman–Crippen LogP) is 3.59. The van der Waals surface area contributed by atoms with E-state index in [1.54, 1.807) is 14.2 Å². The van der Waals surface area contributed by atoms with Gasteiger partial charge >= 0.3 is 0 Å². The lowest BCUT2D eigenvalue weighted by Crippen LogP contribution is -2.30. The fourth-order valence-corrected chi connectivity index (χ4v) is 3.93. The second-order valence-electron chi connectivity index (χ2n) is 7.77. The third-order valence-corrected chi connectivity index (χ3v) is 5.64. The highest BCUT2D eigenvalue weighted by Crippen LogP contribution is 2.28. The third-order valence-electron chi connectivity index (χ3n) is 5.64. The summed E-state index contributed by atoms with van der Waals surface area (Å²) in [6.45, 7) is 2.51. The Morgan fingerprint density at radius 3 is 2.59 bits per heavy atom. The van der Waals surface area contributed by atoms with Crippen molar-refractivity contribution in [1.82, 2.24) is 10.3 Å². The smallest absolute Gasteiger partial charge is 0.257 e. The molecule has 32 heavy (non-hydrogen) atoms. The van der Waals surface area contributed by atoms with E-state index in [1.165, 1.54) is 12.8 Å². The van der Waals surface area contributed by atoms with Crippen molar-refractivity contribution < 1.29 is 19.0 Å². The molecular formula is C25H29N3O4. The molecule has 0 atom stereocenters. The number of hydrogen-bond donors (Lipinski definition) is 1. The topological polar surface area (TPSA) is 72.9 Å². The van der Waals surface area contributed by atoms with Gasteiger partial charge in [-0.05, 0) is 55.2 Å². The van der Waals surface area contributed by atoms with Crippen LogP contribution >= 0.6 is 0 Å². The van der Waals surface area contributed by atoms with E-state index in [9.17, 15) is 4.79 Å². The number of carbonyl (C=O) groups excluding carboxylic acids is 1. The number of hydrogen-bond acceptors (Lipinski definition) is 6. The van der Waals surface area contributed by atoms with Gasteiger partial charge in [0.25, 0.3) is 5.91 Å². The van der Waals surface area contributed by atoms with Crippen molar-refractivity contribution in [3.05, 3.63) is 54.1 Å². The number of methoxy groups -OCH3 is 2. The Bertz CT molecular complexity index is 1080. The summed E-state index contributed by atoms with van der Waals surface area (Å²) in [5.41, 5.74) is 1.84. The van der Waals surface area contributed by atoms with Gasteiger partial charge < -0.3 is 24.4 Å². The summed E-state index contributed by atoms with van der Waals surface area (Å²) in [6.07, 6.45) is 3.07. The summed E-state index contributed by atoms with van der Waals surface area (Å²) in [5.74, 6) is 2.78. The Morgan fingerprint density at radius 1 is 1.00 bits per heavy atom. The number of aromatic nitrogens is 1. The van der Waals surface area contributed by atoms with Crippen LogP contribution in [0.15, 0.2) is 48.5 Å². The van der Waals surface area contributed by atoms with Gasteiger partial charge in [0.05, 0.1) is 14.2 Å². The maximum Gasteiger partial charge on any atom is 0.257 e. The van der Waals surface area contributed by atoms with Crippen LogP contribution in [0.5, 0.6) is 17.2 Å². The number of fused-ring (bicyclic) bond motifs is 1. The fraction of sp³-hybridized carbons (Fsp3) is 0.360. The van der Waals surface area contributed by atoms with E-state index in [1.807, 2.05) is 36.4 Å². The third kappa shape index (κ3) is 5.04. The summed E-state index contributed by atoms with van der Waals surface area (Å²) in [4.78, 5) is 19.4. The van der Waals surface area contributed by atoms with E-state index in [2.05, 4.69) is 22.3 Å². The molecule has 0 radical (unpaired) electrons. The first-order valence-corrected chi connectivity index (χ1v) is 10.9. The first-order valence-electron chi connectivity index (χ1n) is 10.9. The van der Waals surface area contributed by atoms with Crippen LogP contribution in [-0.2, 0) is 11.2 Å². The number of benzene rings is 2. The number of nitrogens with zero attached hydrogens (tertiary/aromatic N) is 2. The highest BCUT2D eigenvalue weighted by Gasteiger charge is 2.15. The molecule has 1 aliphatic rings. The number of para-hydroxylation sites is 1. The van der Waals surface area contributed by atoms with Crippen molar-refractivity contribution in [3.8, 4) is 17.2 Å². The van der Waals surface area contributed by atoms with E-state index in [0.29, 0.717) is 30.2 Å². The molecule has 7 nitrogen and oxygen atoms in total. The van der Waals surface area contributed by atoms with Gasteiger partial charge in [-0.2, -0.15) is 0 Å². The molecule has 1 aliphatic heterocycles. The molecule has 0 unspecified atom stereocenters. The number of rotatable bonds is 9. The monoisotopic (exact) mass is 435 g/mol. The SMILES string of the molecule is COc1ccc(CCNC(=O)COc2cccc3ccc(N4CCCC4)nc23)cc1OC. The first-order chi connectivity index (χ1) is 15.7. The maximum atomic E-state index is 12.3. The number of carbonyl (C=O) groups is 1. The van der Waals surface area contributed by atoms with Gasteiger partial charge in [-0.15, -0.1) is 0 Å². The van der Waals surface area contributed by atoms with E-state index in [0.717, 1.165) is 35.4 Å². The van der Waals surface area contributed by atoms with Gasteiger partial charge in [-0.1, -0.05) is 18.2 Å². The Morgan fingerprint density at radius 2 is 1.81 bits per heavy atom. The van der Waals surface area contributed by atoms with Crippen LogP contribution in [0.4, 0.5) is 5.82 Å². The summed E-state index contributed by atoms with van der Waals surface area (Å²) in [5, 5.41) is 3.91. The molecule has 168 valence electrons. The molecule has 2 aromatic carbocycles. The second kappa shape index (κ2) is 10.2. The quantitative estimate of drug-likeness (QED) is 0.554. The first kappa shape index (κ1) is 21.7. The van der Waals surface area contributed by atoms with Crippen LogP contribution in [-0.4, -0.2) is 51.4 Å². The average molecular weight is 436 g/mol. The maximum absolute atomic E-state index is 12.3. The zero-order chi connectivity index (χ0) is 22.3. The minimum Gasteiger partial charge on any atom is -0.493 e. The zero-order valence-corrected chi connectivity index (χ0v) is 18.6. The van der Waals surface area contributed by atoms with Crippen LogP contribution in [0.2, 0.25) is 0 Å². The number of amides is 1. The lowest BCUT2D eigenvalue weighted by Gasteiger charge is -2.17. The Balaban J connectivity index is 1.33. The van der Waals surface area contributed by atoms with E-state index >= 15 is 0 Å². The molecule has 1 aromatic heterocycles. The molecule has 0 aliphatic carbocycles. The van der Waals surface area contributed by atoms with Crippen LogP contribution in [0.3, 0.4) is 0 Å². The van der Waals surface area contributed by atoms with Gasteiger partial charge in [0.15, 0.2) is 18.1 Å². The van der Waals surface area contributed by atoms with Crippen LogP contribution < -0.4 is 24.4 Å². The molecule has 1 N–H and O–H groups in total. The summed E-state index contributed by atoms with van der Waals surface area (Å²) >= 11 is 0. The standard InChI is InChI=1S/C25H29N3O4/c1-30-20-10-8-18(16-22(20)31-2)12-13-26-24(29)17-32-21-7-5-6-19-9-11-23(27-25(19)21)28-14-3-4-15-28/h5-11,16H,3-4,12-15,17H2,1-2H3,(H,26,29). The summed E-state index contributed by atoms with van der Waals surface area (Å²) in [7, 11) is 3.22. The van der Waals surface area contributed by atoms with E-state index in [4.69, 9.17) is 19.2 Å². The molecule has 1 amide bonds. The number of ether oxygens (including phenoxy) is 3. The molecule has 1 fully saturated rings. The average Bonchev–Trinajstić information content (AvgIpc) is 3.37.